The summed E-state index contributed by atoms with van der Waals surface area (Å²) in [5, 5.41) is 0. The molecule has 1 heterocycles. The molecule has 23 heavy (non-hydrogen) atoms. The van der Waals surface area contributed by atoms with Crippen molar-refractivity contribution < 1.29 is 9.53 Å². The van der Waals surface area contributed by atoms with Crippen molar-refractivity contribution in [3.05, 3.63) is 47.7 Å². The van der Waals surface area contributed by atoms with Gasteiger partial charge in [0.25, 0.3) is 0 Å². The van der Waals surface area contributed by atoms with Crippen LogP contribution < -0.4 is 0 Å². The summed E-state index contributed by atoms with van der Waals surface area (Å²) in [6.07, 6.45) is 1.35. The second-order valence-electron chi connectivity index (χ2n) is 7.42. The number of carbonyl (C=O) groups excluding carboxylic acids is 1. The van der Waals surface area contributed by atoms with Crippen LogP contribution in [-0.2, 0) is 21.4 Å². The molecule has 1 amide bonds. The Morgan fingerprint density at radius 2 is 1.96 bits per heavy atom. The first-order valence-corrected chi connectivity index (χ1v) is 8.48. The summed E-state index contributed by atoms with van der Waals surface area (Å²) < 4.78 is 5.26. The highest BCUT2D eigenvalue weighted by atomic mass is 16.5. The Bertz CT molecular complexity index is 565. The molecule has 1 aliphatic rings. The highest BCUT2D eigenvalue weighted by Crippen LogP contribution is 2.29. The molecule has 0 N–H and O–H groups in total. The van der Waals surface area contributed by atoms with E-state index in [1.165, 1.54) is 11.1 Å². The second kappa shape index (κ2) is 7.20. The Balaban J connectivity index is 1.87. The predicted octanol–water partition coefficient (Wildman–Crippen LogP) is 3.93. The molecule has 0 bridgehead atoms. The van der Waals surface area contributed by atoms with Crippen LogP contribution in [0.3, 0.4) is 0 Å². The Morgan fingerprint density at radius 3 is 2.57 bits per heavy atom. The van der Waals surface area contributed by atoms with Crippen molar-refractivity contribution in [2.45, 2.75) is 46.0 Å². The minimum absolute atomic E-state index is 0.129. The first-order valence-electron chi connectivity index (χ1n) is 8.48. The number of ether oxygens (including phenoxy) is 1. The van der Waals surface area contributed by atoms with Gasteiger partial charge in [0.05, 0.1) is 18.8 Å². The quantitative estimate of drug-likeness (QED) is 0.745. The van der Waals surface area contributed by atoms with Gasteiger partial charge in [0, 0.05) is 13.1 Å². The van der Waals surface area contributed by atoms with Crippen molar-refractivity contribution in [3.63, 3.8) is 0 Å². The zero-order valence-electron chi connectivity index (χ0n) is 14.9. The Labute approximate surface area is 140 Å². The molecule has 3 nitrogen and oxygen atoms in total. The fourth-order valence-electron chi connectivity index (χ4n) is 3.18. The van der Waals surface area contributed by atoms with Gasteiger partial charge in [0.2, 0.25) is 5.91 Å². The van der Waals surface area contributed by atoms with Crippen molar-refractivity contribution in [1.82, 2.24) is 4.90 Å². The largest absolute Gasteiger partial charge is 0.498 e. The van der Waals surface area contributed by atoms with E-state index >= 15 is 0 Å². The van der Waals surface area contributed by atoms with Crippen LogP contribution in [-0.4, -0.2) is 30.5 Å². The molecule has 1 aromatic carbocycles. The van der Waals surface area contributed by atoms with Crippen LogP contribution in [0.15, 0.2) is 36.6 Å². The molecule has 0 spiro atoms. The maximum Gasteiger partial charge on any atom is 0.230 e. The molecule has 126 valence electrons. The molecule has 0 radical (unpaired) electrons. The summed E-state index contributed by atoms with van der Waals surface area (Å²) in [5.74, 6) is 1.26. The first-order chi connectivity index (χ1) is 10.8. The van der Waals surface area contributed by atoms with Crippen molar-refractivity contribution in [3.8, 4) is 0 Å². The van der Waals surface area contributed by atoms with Crippen LogP contribution in [0, 0.1) is 5.92 Å². The van der Waals surface area contributed by atoms with E-state index in [-0.39, 0.29) is 11.3 Å². The molecule has 0 unspecified atom stereocenters. The Kier molecular flexibility index (Phi) is 5.51. The number of hydrogen-bond donors (Lipinski definition) is 0. The van der Waals surface area contributed by atoms with Crippen LogP contribution in [0.4, 0.5) is 0 Å². The molecule has 1 aliphatic heterocycles. The monoisotopic (exact) mass is 315 g/mol. The molecule has 0 atom stereocenters. The maximum absolute atomic E-state index is 12.1. The zero-order chi connectivity index (χ0) is 17.0. The summed E-state index contributed by atoms with van der Waals surface area (Å²) in [5.41, 5.74) is 2.98. The van der Waals surface area contributed by atoms with Crippen molar-refractivity contribution in [1.29, 1.82) is 0 Å². The highest BCUT2D eigenvalue weighted by Gasteiger charge is 2.31. The van der Waals surface area contributed by atoms with Gasteiger partial charge in [-0.05, 0) is 35.8 Å². The van der Waals surface area contributed by atoms with Gasteiger partial charge in [0.1, 0.15) is 0 Å². The second-order valence-corrected chi connectivity index (χ2v) is 7.42. The number of nitrogens with zero attached hydrogens (tertiary/aromatic N) is 1. The van der Waals surface area contributed by atoms with E-state index in [2.05, 4.69) is 51.6 Å². The van der Waals surface area contributed by atoms with Gasteiger partial charge in [-0.15, -0.1) is 0 Å². The SMILES string of the molecule is C=C(CC(=O)N1CC(Cc2ccccc2C(C)(C)C)C1)OCC. The fourth-order valence-corrected chi connectivity index (χ4v) is 3.18. The lowest BCUT2D eigenvalue weighted by Gasteiger charge is -2.40. The third-order valence-corrected chi connectivity index (χ3v) is 4.34. The summed E-state index contributed by atoms with van der Waals surface area (Å²) in [7, 11) is 0. The number of hydrogen-bond acceptors (Lipinski definition) is 2. The third kappa shape index (κ3) is 4.60. The third-order valence-electron chi connectivity index (χ3n) is 4.34. The van der Waals surface area contributed by atoms with Crippen LogP contribution in [0.25, 0.3) is 0 Å². The number of likely N-dealkylation sites (tertiary alicyclic amines) is 1. The van der Waals surface area contributed by atoms with Crippen molar-refractivity contribution in [2.75, 3.05) is 19.7 Å². The van der Waals surface area contributed by atoms with Gasteiger partial charge < -0.3 is 9.64 Å². The van der Waals surface area contributed by atoms with Crippen LogP contribution in [0.2, 0.25) is 0 Å². The summed E-state index contributed by atoms with van der Waals surface area (Å²) in [6, 6.07) is 8.67. The van der Waals surface area contributed by atoms with Gasteiger partial charge >= 0.3 is 0 Å². The van der Waals surface area contributed by atoms with E-state index in [4.69, 9.17) is 4.74 Å². The summed E-state index contributed by atoms with van der Waals surface area (Å²) in [6.45, 7) is 14.7. The minimum Gasteiger partial charge on any atom is -0.498 e. The maximum atomic E-state index is 12.1. The number of benzene rings is 1. The number of carbonyl (C=O) groups is 1. The topological polar surface area (TPSA) is 29.5 Å². The van der Waals surface area contributed by atoms with E-state index in [0.717, 1.165) is 19.5 Å². The van der Waals surface area contributed by atoms with Crippen LogP contribution in [0.5, 0.6) is 0 Å². The number of amides is 1. The van der Waals surface area contributed by atoms with Gasteiger partial charge in [-0.25, -0.2) is 0 Å². The molecule has 2 rings (SSSR count). The zero-order valence-corrected chi connectivity index (χ0v) is 14.9. The van der Waals surface area contributed by atoms with E-state index in [1.807, 2.05) is 11.8 Å². The Hall–Kier alpha value is -1.77. The molecule has 1 aromatic rings. The number of rotatable bonds is 6. The lowest BCUT2D eigenvalue weighted by molar-refractivity contribution is -0.137. The fraction of sp³-hybridized carbons (Fsp3) is 0.550. The predicted molar refractivity (Wildman–Crippen MR) is 94.3 cm³/mol. The average Bonchev–Trinajstić information content (AvgIpc) is 2.41. The van der Waals surface area contributed by atoms with E-state index in [9.17, 15) is 4.79 Å². The lowest BCUT2D eigenvalue weighted by Crippen LogP contribution is -2.50. The molecule has 1 fully saturated rings. The summed E-state index contributed by atoms with van der Waals surface area (Å²) in [4.78, 5) is 14.0. The molecule has 0 aromatic heterocycles. The summed E-state index contributed by atoms with van der Waals surface area (Å²) >= 11 is 0. The molecule has 3 heteroatoms. The van der Waals surface area contributed by atoms with Gasteiger partial charge in [0.15, 0.2) is 0 Å². The van der Waals surface area contributed by atoms with Crippen molar-refractivity contribution in [2.24, 2.45) is 5.92 Å². The molecule has 0 saturated carbocycles. The molecule has 0 aliphatic carbocycles. The smallest absolute Gasteiger partial charge is 0.230 e. The lowest BCUT2D eigenvalue weighted by atomic mass is 9.80. The molecular formula is C20H29NO2. The van der Waals surface area contributed by atoms with Gasteiger partial charge in [-0.1, -0.05) is 51.6 Å². The van der Waals surface area contributed by atoms with E-state index in [0.29, 0.717) is 24.7 Å². The Morgan fingerprint density at radius 1 is 1.30 bits per heavy atom. The molecular weight excluding hydrogens is 286 g/mol. The minimum atomic E-state index is 0.129. The van der Waals surface area contributed by atoms with E-state index < -0.39 is 0 Å². The average molecular weight is 315 g/mol. The van der Waals surface area contributed by atoms with Crippen molar-refractivity contribution >= 4 is 5.91 Å². The normalized spacial score (nSPS) is 15.2. The van der Waals surface area contributed by atoms with Gasteiger partial charge in [-0.2, -0.15) is 0 Å². The van der Waals surface area contributed by atoms with Crippen LogP contribution in [0.1, 0.15) is 45.2 Å². The van der Waals surface area contributed by atoms with Crippen LogP contribution >= 0.6 is 0 Å². The highest BCUT2D eigenvalue weighted by molar-refractivity contribution is 5.79. The first kappa shape index (κ1) is 17.6. The van der Waals surface area contributed by atoms with E-state index in [1.54, 1.807) is 0 Å². The molecule has 1 saturated heterocycles. The van der Waals surface area contributed by atoms with Gasteiger partial charge in [-0.3, -0.25) is 4.79 Å². The standard InChI is InChI=1S/C20H29NO2/c1-6-23-15(2)11-19(22)21-13-16(14-21)12-17-9-7-8-10-18(17)20(3,4)5/h7-10,16H,2,6,11-14H2,1,3-5H3.